The number of anilines is 1. The summed E-state index contributed by atoms with van der Waals surface area (Å²) in [5, 5.41) is 9.18. The van der Waals surface area contributed by atoms with Crippen molar-refractivity contribution in [2.24, 2.45) is 4.36 Å². The normalized spacial score (nSPS) is 9.33. The van der Waals surface area contributed by atoms with E-state index in [1.165, 1.54) is 24.4 Å². The molecule has 21 heavy (non-hydrogen) atoms. The molecular weight excluding hydrogens is 290 g/mol. The Morgan fingerprint density at radius 2 is 2.00 bits per heavy atom. The maximum Gasteiger partial charge on any atom is 0.291 e. The van der Waals surface area contributed by atoms with E-state index < -0.39 is 5.91 Å². The number of amides is 1. The molecule has 0 atom stereocenters. The van der Waals surface area contributed by atoms with Crippen LogP contribution in [0.15, 0.2) is 40.9 Å². The highest BCUT2D eigenvalue weighted by molar-refractivity contribution is 7.55. The van der Waals surface area contributed by atoms with Crippen molar-refractivity contribution in [1.29, 1.82) is 0 Å². The number of nitrogen functional groups attached to an aromatic ring is 1. The minimum Gasteiger partial charge on any atom is -0.508 e. The number of nitrogens with zero attached hydrogens (tertiary/aromatic N) is 2. The highest BCUT2D eigenvalue weighted by Gasteiger charge is 2.07. The standard InChI is InChI=1S/C14H9N3O3S/c15-13-10(4-1-9-2-5-12(18)6-3-9)7-11(8-16-13)14(19)17-21-20/h2-3,5-8,18H,(H2,15,16). The van der Waals surface area contributed by atoms with E-state index in [1.54, 1.807) is 12.1 Å². The van der Waals surface area contributed by atoms with E-state index in [9.17, 15) is 14.1 Å². The summed E-state index contributed by atoms with van der Waals surface area (Å²) >= 11 is -0.167. The molecule has 0 aliphatic carbocycles. The summed E-state index contributed by atoms with van der Waals surface area (Å²) in [4.78, 5) is 15.3. The first-order valence-electron chi connectivity index (χ1n) is 5.71. The summed E-state index contributed by atoms with van der Waals surface area (Å²) in [5.74, 6) is 5.26. The van der Waals surface area contributed by atoms with Crippen LogP contribution in [0.3, 0.4) is 0 Å². The highest BCUT2D eigenvalue weighted by Crippen LogP contribution is 2.12. The van der Waals surface area contributed by atoms with Gasteiger partial charge in [-0.2, -0.15) is 4.21 Å². The molecule has 0 radical (unpaired) electrons. The Morgan fingerprint density at radius 1 is 1.29 bits per heavy atom. The lowest BCUT2D eigenvalue weighted by Crippen LogP contribution is -2.00. The number of nitrogens with two attached hydrogens (primary N) is 1. The van der Waals surface area contributed by atoms with Crippen LogP contribution in [0.25, 0.3) is 0 Å². The predicted molar refractivity (Wildman–Crippen MR) is 77.6 cm³/mol. The summed E-state index contributed by atoms with van der Waals surface area (Å²) in [6.07, 6.45) is 1.24. The number of benzene rings is 1. The molecule has 0 fully saturated rings. The van der Waals surface area contributed by atoms with Crippen molar-refractivity contribution in [3.05, 3.63) is 53.2 Å². The van der Waals surface area contributed by atoms with E-state index in [2.05, 4.69) is 21.2 Å². The van der Waals surface area contributed by atoms with Gasteiger partial charge in [0.05, 0.1) is 11.1 Å². The average Bonchev–Trinajstić information content (AvgIpc) is 2.48. The molecule has 2 aromatic rings. The third kappa shape index (κ3) is 3.75. The van der Waals surface area contributed by atoms with Crippen LogP contribution >= 0.6 is 0 Å². The third-order valence-electron chi connectivity index (χ3n) is 2.49. The number of hydrogen-bond donors (Lipinski definition) is 2. The number of phenols is 1. The van der Waals surface area contributed by atoms with E-state index in [-0.39, 0.29) is 28.6 Å². The number of rotatable bonds is 1. The lowest BCUT2D eigenvalue weighted by atomic mass is 10.1. The zero-order valence-electron chi connectivity index (χ0n) is 10.6. The predicted octanol–water partition coefficient (Wildman–Crippen LogP) is 1.31. The van der Waals surface area contributed by atoms with E-state index in [0.717, 1.165) is 0 Å². The number of carbonyl (C=O) groups is 1. The maximum absolute atomic E-state index is 11.5. The van der Waals surface area contributed by atoms with Gasteiger partial charge in [-0.1, -0.05) is 11.8 Å². The molecule has 6 nitrogen and oxygen atoms in total. The topological polar surface area (TPSA) is 106 Å². The van der Waals surface area contributed by atoms with Crippen molar-refractivity contribution in [3.8, 4) is 17.6 Å². The second-order valence-corrected chi connectivity index (χ2v) is 4.26. The fourth-order valence-electron chi connectivity index (χ4n) is 1.46. The summed E-state index contributed by atoms with van der Waals surface area (Å²) in [6.45, 7) is 0. The SMILES string of the molecule is Nc1ncc(C(=O)N=S=O)cc1C#Cc1ccc(O)cc1. The minimum absolute atomic E-state index is 0.141. The first-order valence-corrected chi connectivity index (χ1v) is 6.41. The van der Waals surface area contributed by atoms with E-state index in [0.29, 0.717) is 11.1 Å². The Labute approximate surface area is 123 Å². The number of aromatic nitrogens is 1. The number of phenolic OH excluding ortho intramolecular Hbond substituents is 1. The Bertz CT molecular complexity index is 800. The van der Waals surface area contributed by atoms with Crippen molar-refractivity contribution >= 4 is 23.2 Å². The van der Waals surface area contributed by atoms with Gasteiger partial charge in [0.25, 0.3) is 5.91 Å². The molecule has 0 bridgehead atoms. The summed E-state index contributed by atoms with van der Waals surface area (Å²) in [5.41, 5.74) is 6.86. The quantitative estimate of drug-likeness (QED) is 0.772. The maximum atomic E-state index is 11.5. The molecule has 1 aromatic heterocycles. The van der Waals surface area contributed by atoms with Crippen molar-refractivity contribution in [1.82, 2.24) is 4.98 Å². The molecule has 0 unspecified atom stereocenters. The van der Waals surface area contributed by atoms with Crippen molar-refractivity contribution < 1.29 is 14.1 Å². The fourth-order valence-corrected chi connectivity index (χ4v) is 1.64. The van der Waals surface area contributed by atoms with Gasteiger partial charge in [0.2, 0.25) is 11.5 Å². The Hall–Kier alpha value is -2.98. The molecule has 1 heterocycles. The summed E-state index contributed by atoms with van der Waals surface area (Å²) in [6, 6.07) is 7.73. The average molecular weight is 299 g/mol. The Kier molecular flexibility index (Phi) is 4.43. The van der Waals surface area contributed by atoms with Crippen LogP contribution in [0.4, 0.5) is 5.82 Å². The van der Waals surface area contributed by atoms with Crippen LogP contribution in [0, 0.1) is 11.8 Å². The van der Waals surface area contributed by atoms with Crippen LogP contribution in [0.5, 0.6) is 5.75 Å². The molecule has 0 saturated carbocycles. The van der Waals surface area contributed by atoms with Crippen LogP contribution < -0.4 is 5.73 Å². The van der Waals surface area contributed by atoms with Crippen molar-refractivity contribution in [2.45, 2.75) is 0 Å². The van der Waals surface area contributed by atoms with Gasteiger partial charge in [0.15, 0.2) is 0 Å². The van der Waals surface area contributed by atoms with Crippen LogP contribution in [-0.4, -0.2) is 20.2 Å². The smallest absolute Gasteiger partial charge is 0.291 e. The van der Waals surface area contributed by atoms with E-state index in [4.69, 9.17) is 5.73 Å². The second kappa shape index (κ2) is 6.45. The van der Waals surface area contributed by atoms with Gasteiger partial charge in [-0.3, -0.25) is 4.79 Å². The first kappa shape index (κ1) is 14.4. The van der Waals surface area contributed by atoms with Crippen LogP contribution in [0.2, 0.25) is 0 Å². The molecule has 1 amide bonds. The summed E-state index contributed by atoms with van der Waals surface area (Å²) in [7, 11) is 0. The summed E-state index contributed by atoms with van der Waals surface area (Å²) < 4.78 is 13.4. The zero-order chi connectivity index (χ0) is 15.2. The van der Waals surface area contributed by atoms with Gasteiger partial charge < -0.3 is 10.8 Å². The zero-order valence-corrected chi connectivity index (χ0v) is 11.4. The molecule has 7 heteroatoms. The monoisotopic (exact) mass is 299 g/mol. The second-order valence-electron chi connectivity index (χ2n) is 3.92. The Balaban J connectivity index is 2.36. The Morgan fingerprint density at radius 3 is 2.67 bits per heavy atom. The number of carbonyl (C=O) groups excluding carboxylic acids is 1. The molecule has 0 aliphatic rings. The largest absolute Gasteiger partial charge is 0.508 e. The molecule has 3 N–H and O–H groups in total. The first-order chi connectivity index (χ1) is 10.1. The number of aromatic hydroxyl groups is 1. The van der Waals surface area contributed by atoms with Crippen molar-refractivity contribution in [3.63, 3.8) is 0 Å². The van der Waals surface area contributed by atoms with Crippen LogP contribution in [-0.2, 0) is 11.5 Å². The molecule has 104 valence electrons. The number of pyridine rings is 1. The van der Waals surface area contributed by atoms with Gasteiger partial charge >= 0.3 is 0 Å². The number of hydrogen-bond acceptors (Lipinski definition) is 5. The van der Waals surface area contributed by atoms with Gasteiger partial charge in [-0.25, -0.2) is 4.98 Å². The van der Waals surface area contributed by atoms with Crippen LogP contribution in [0.1, 0.15) is 21.5 Å². The minimum atomic E-state index is -0.685. The van der Waals surface area contributed by atoms with E-state index >= 15 is 0 Å². The molecule has 1 aromatic carbocycles. The van der Waals surface area contributed by atoms with Gasteiger partial charge in [0, 0.05) is 11.8 Å². The van der Waals surface area contributed by atoms with Gasteiger partial charge in [0.1, 0.15) is 11.6 Å². The highest BCUT2D eigenvalue weighted by atomic mass is 32.1. The third-order valence-corrected chi connectivity index (χ3v) is 2.73. The van der Waals surface area contributed by atoms with Gasteiger partial charge in [-0.15, -0.1) is 4.36 Å². The molecule has 0 saturated heterocycles. The molecule has 2 rings (SSSR count). The van der Waals surface area contributed by atoms with E-state index in [1.807, 2.05) is 0 Å². The van der Waals surface area contributed by atoms with Gasteiger partial charge in [-0.05, 0) is 30.3 Å². The lowest BCUT2D eigenvalue weighted by molar-refractivity contribution is 0.100. The molecule has 0 aliphatic heterocycles. The fraction of sp³-hybridized carbons (Fsp3) is 0. The molecule has 0 spiro atoms. The molecular formula is C14H9N3O3S. The lowest BCUT2D eigenvalue weighted by Gasteiger charge is -1.99. The van der Waals surface area contributed by atoms with Crippen molar-refractivity contribution in [2.75, 3.05) is 5.73 Å².